The third kappa shape index (κ3) is 11.9. The summed E-state index contributed by atoms with van der Waals surface area (Å²) >= 11 is 0. The molecule has 0 aromatic carbocycles. The summed E-state index contributed by atoms with van der Waals surface area (Å²) < 4.78 is 0. The van der Waals surface area contributed by atoms with E-state index >= 15 is 0 Å². The molecule has 0 rings (SSSR count). The minimum absolute atomic E-state index is 0. The summed E-state index contributed by atoms with van der Waals surface area (Å²) in [5.41, 5.74) is 0. The Labute approximate surface area is 51.1 Å². The SMILES string of the molecule is [F-].[F-].[La+].[NH4+]. The Balaban J connectivity index is 0. The van der Waals surface area contributed by atoms with E-state index in [0.717, 1.165) is 0 Å². The zero-order chi connectivity index (χ0) is 0. The summed E-state index contributed by atoms with van der Waals surface area (Å²) in [6.45, 7) is 0. The van der Waals surface area contributed by atoms with Crippen LogP contribution in [0.1, 0.15) is 0 Å². The van der Waals surface area contributed by atoms with E-state index in [2.05, 4.69) is 0 Å². The molecular formula is H4F2LaN. The molecule has 0 aromatic heterocycles. The van der Waals surface area contributed by atoms with Gasteiger partial charge in [-0.3, -0.25) is 0 Å². The third-order valence-corrected chi connectivity index (χ3v) is 0. The average molecular weight is 195 g/mol. The van der Waals surface area contributed by atoms with E-state index in [1.807, 2.05) is 0 Å². The summed E-state index contributed by atoms with van der Waals surface area (Å²) in [7, 11) is 0. The van der Waals surface area contributed by atoms with Crippen LogP contribution in [-0.4, -0.2) is 0 Å². The smallest absolute Gasteiger partial charge is 1.00 e. The van der Waals surface area contributed by atoms with E-state index in [9.17, 15) is 0 Å². The predicted molar refractivity (Wildman–Crippen MR) is 5.98 cm³/mol. The molecule has 4 heteroatoms. The predicted octanol–water partition coefficient (Wildman–Crippen LogP) is -5.62. The van der Waals surface area contributed by atoms with E-state index < -0.39 is 0 Å². The van der Waals surface area contributed by atoms with E-state index in [1.54, 1.807) is 0 Å². The maximum atomic E-state index is 0. The fourth-order valence-corrected chi connectivity index (χ4v) is 0. The number of hydrogen-bond donors (Lipinski definition) is 1. The molecule has 0 saturated heterocycles. The first kappa shape index (κ1) is 78.5. The minimum atomic E-state index is 0. The number of rotatable bonds is 0. The van der Waals surface area contributed by atoms with Crippen molar-refractivity contribution in [2.45, 2.75) is 0 Å². The Morgan fingerprint density at radius 2 is 0.750 bits per heavy atom. The molecular weight excluding hydrogens is 191 g/mol. The van der Waals surface area contributed by atoms with Crippen LogP contribution in [0.5, 0.6) is 0 Å². The van der Waals surface area contributed by atoms with Gasteiger partial charge >= 0.3 is 35.6 Å². The van der Waals surface area contributed by atoms with Crippen LogP contribution in [-0.2, 0) is 0 Å². The second-order valence-electron chi connectivity index (χ2n) is 0. The molecule has 4 N–H and O–H groups in total. The van der Waals surface area contributed by atoms with Gasteiger partial charge in [-0.1, -0.05) is 0 Å². The van der Waals surface area contributed by atoms with E-state index in [1.165, 1.54) is 0 Å². The fourth-order valence-electron chi connectivity index (χ4n) is 0. The van der Waals surface area contributed by atoms with Gasteiger partial charge in [0.1, 0.15) is 0 Å². The molecule has 0 saturated carbocycles. The van der Waals surface area contributed by atoms with Gasteiger partial charge in [0.25, 0.3) is 0 Å². The van der Waals surface area contributed by atoms with Crippen LogP contribution in [0.4, 0.5) is 0 Å². The molecule has 0 bridgehead atoms. The van der Waals surface area contributed by atoms with Crippen molar-refractivity contribution >= 4 is 0 Å². The molecule has 0 fully saturated rings. The molecule has 0 aromatic rings. The molecule has 0 unspecified atom stereocenters. The zero-order valence-electron chi connectivity index (χ0n) is 2.33. The molecule has 0 aliphatic heterocycles. The summed E-state index contributed by atoms with van der Waals surface area (Å²) in [6.07, 6.45) is 0. The normalized spacial score (nSPS) is 0. The van der Waals surface area contributed by atoms with Crippen LogP contribution in [0.15, 0.2) is 0 Å². The van der Waals surface area contributed by atoms with Gasteiger partial charge in [-0.15, -0.1) is 0 Å². The topological polar surface area (TPSA) is 36.5 Å². The van der Waals surface area contributed by atoms with Gasteiger partial charge in [-0.25, -0.2) is 0 Å². The van der Waals surface area contributed by atoms with Gasteiger partial charge < -0.3 is 15.6 Å². The van der Waals surface area contributed by atoms with Gasteiger partial charge in [-0.05, 0) is 0 Å². The van der Waals surface area contributed by atoms with Crippen molar-refractivity contribution in [2.24, 2.45) is 0 Å². The first-order valence-corrected chi connectivity index (χ1v) is 0. The molecule has 0 atom stereocenters. The van der Waals surface area contributed by atoms with Crippen molar-refractivity contribution in [2.75, 3.05) is 0 Å². The molecule has 0 aliphatic rings. The fraction of sp³-hybridized carbons (Fsp3) is 0. The van der Waals surface area contributed by atoms with Crippen molar-refractivity contribution in [1.29, 1.82) is 0 Å². The van der Waals surface area contributed by atoms with Crippen LogP contribution >= 0.6 is 0 Å². The van der Waals surface area contributed by atoms with Crippen molar-refractivity contribution in [3.8, 4) is 0 Å². The van der Waals surface area contributed by atoms with E-state index in [4.69, 9.17) is 0 Å². The van der Waals surface area contributed by atoms with E-state index in [0.29, 0.717) is 0 Å². The Kier molecular flexibility index (Phi) is 695. The first-order valence-electron chi connectivity index (χ1n) is 0. The Morgan fingerprint density at radius 1 is 0.750 bits per heavy atom. The summed E-state index contributed by atoms with van der Waals surface area (Å²) in [6, 6.07) is 0. The van der Waals surface area contributed by atoms with Gasteiger partial charge in [0.15, 0.2) is 0 Å². The second kappa shape index (κ2) is 35.4. The van der Waals surface area contributed by atoms with Gasteiger partial charge in [0.2, 0.25) is 0 Å². The molecule has 0 heterocycles. The van der Waals surface area contributed by atoms with Crippen molar-refractivity contribution < 1.29 is 45.0 Å². The van der Waals surface area contributed by atoms with Crippen LogP contribution < -0.4 is 15.6 Å². The Morgan fingerprint density at radius 3 is 0.750 bits per heavy atom. The Bertz CT molecular complexity index is 6.00. The molecule has 0 aliphatic carbocycles. The standard InChI is InChI=1S/2FH.La.H3N/h2*1H;;1H3/q;;+1;/p-1. The monoisotopic (exact) mass is 195 g/mol. The van der Waals surface area contributed by atoms with E-state index in [-0.39, 0.29) is 51.2 Å². The molecule has 0 spiro atoms. The minimum Gasteiger partial charge on any atom is -1.00 e. The van der Waals surface area contributed by atoms with Crippen molar-refractivity contribution in [3.63, 3.8) is 0 Å². The molecule has 0 radical (unpaired) electrons. The summed E-state index contributed by atoms with van der Waals surface area (Å²) in [5, 5.41) is 0. The van der Waals surface area contributed by atoms with Crippen LogP contribution in [0.3, 0.4) is 0 Å². The number of halogens is 2. The maximum absolute atomic E-state index is 0. The van der Waals surface area contributed by atoms with Crippen molar-refractivity contribution in [3.05, 3.63) is 0 Å². The second-order valence-corrected chi connectivity index (χ2v) is 0. The first-order chi connectivity index (χ1) is 0. The van der Waals surface area contributed by atoms with Crippen LogP contribution in [0.2, 0.25) is 0 Å². The molecule has 1 nitrogen and oxygen atoms in total. The van der Waals surface area contributed by atoms with Gasteiger partial charge in [0.05, 0.1) is 0 Å². The molecule has 4 heavy (non-hydrogen) atoms. The summed E-state index contributed by atoms with van der Waals surface area (Å²) in [4.78, 5) is 0. The molecule has 26 valence electrons. The van der Waals surface area contributed by atoms with Crippen LogP contribution in [0, 0.1) is 35.6 Å². The van der Waals surface area contributed by atoms with Crippen LogP contribution in [0.25, 0.3) is 0 Å². The maximum Gasteiger partial charge on any atom is 1.00 e. The average Bonchev–Trinajstić information content (AvgIpc) is 0. The summed E-state index contributed by atoms with van der Waals surface area (Å²) in [5.74, 6) is 0. The zero-order valence-corrected chi connectivity index (χ0v) is 5.96. The Hall–Kier alpha value is 1.01. The molecule has 0 amide bonds. The quantitative estimate of drug-likeness (QED) is 0.400. The number of quaternary nitrogens is 1. The van der Waals surface area contributed by atoms with Gasteiger partial charge in [0, 0.05) is 0 Å². The number of hydrogen-bond acceptors (Lipinski definition) is 0. The third-order valence-electron chi connectivity index (χ3n) is 0. The van der Waals surface area contributed by atoms with Gasteiger partial charge in [-0.2, -0.15) is 0 Å². The van der Waals surface area contributed by atoms with Crippen molar-refractivity contribution in [1.82, 2.24) is 6.15 Å². The largest absolute Gasteiger partial charge is 1.00 e.